The topological polar surface area (TPSA) is 32.3 Å². The lowest BCUT2D eigenvalue weighted by Crippen LogP contribution is -2.28. The second-order valence-corrected chi connectivity index (χ2v) is 4.26. The predicted octanol–water partition coefficient (Wildman–Crippen LogP) is 3.15. The Morgan fingerprint density at radius 3 is 2.53 bits per heavy atom. The van der Waals surface area contributed by atoms with Gasteiger partial charge in [-0.2, -0.15) is 0 Å². The zero-order valence-corrected chi connectivity index (χ0v) is 10.0. The molecule has 0 fully saturated rings. The van der Waals surface area contributed by atoms with Crippen molar-refractivity contribution in [3.8, 4) is 5.75 Å². The second-order valence-electron chi connectivity index (χ2n) is 4.26. The summed E-state index contributed by atoms with van der Waals surface area (Å²) in [5.41, 5.74) is 2.06. The molecule has 84 valence electrons. The number of nitrogens with one attached hydrogen (secondary N) is 1. The van der Waals surface area contributed by atoms with Gasteiger partial charge in [-0.05, 0) is 38.8 Å². The molecule has 1 rings (SSSR count). The van der Waals surface area contributed by atoms with Crippen LogP contribution in [-0.4, -0.2) is 11.1 Å². The first kappa shape index (κ1) is 12.1. The molecule has 0 radical (unpaired) electrons. The van der Waals surface area contributed by atoms with Gasteiger partial charge < -0.3 is 10.4 Å². The van der Waals surface area contributed by atoms with Crippen LogP contribution in [0.4, 0.5) is 0 Å². The molecule has 15 heavy (non-hydrogen) atoms. The minimum atomic E-state index is 0.195. The van der Waals surface area contributed by atoms with Gasteiger partial charge in [0.2, 0.25) is 0 Å². The van der Waals surface area contributed by atoms with Gasteiger partial charge in [0.1, 0.15) is 5.75 Å². The summed E-state index contributed by atoms with van der Waals surface area (Å²) in [6.45, 7) is 8.37. The number of phenolic OH excluding ortho intramolecular Hbond substituents is 1. The van der Waals surface area contributed by atoms with Crippen LogP contribution in [0.3, 0.4) is 0 Å². The highest BCUT2D eigenvalue weighted by atomic mass is 16.3. The fourth-order valence-corrected chi connectivity index (χ4v) is 1.65. The van der Waals surface area contributed by atoms with Gasteiger partial charge in [-0.3, -0.25) is 0 Å². The highest BCUT2D eigenvalue weighted by Gasteiger charge is 2.11. The molecule has 0 spiro atoms. The van der Waals surface area contributed by atoms with Crippen LogP contribution in [0.5, 0.6) is 5.75 Å². The lowest BCUT2D eigenvalue weighted by atomic mass is 10.0. The van der Waals surface area contributed by atoms with E-state index < -0.39 is 0 Å². The lowest BCUT2D eigenvalue weighted by Gasteiger charge is -2.20. The fourth-order valence-electron chi connectivity index (χ4n) is 1.65. The third kappa shape index (κ3) is 3.24. The fraction of sp³-hybridized carbons (Fsp3) is 0.538. The van der Waals surface area contributed by atoms with Gasteiger partial charge in [-0.15, -0.1) is 0 Å². The molecule has 2 atom stereocenters. The van der Waals surface area contributed by atoms with Crippen molar-refractivity contribution >= 4 is 0 Å². The molecule has 1 aromatic carbocycles. The van der Waals surface area contributed by atoms with Crippen LogP contribution in [0.1, 0.15) is 44.4 Å². The monoisotopic (exact) mass is 207 g/mol. The molecule has 0 aliphatic rings. The molecule has 0 bridgehead atoms. The van der Waals surface area contributed by atoms with Crippen molar-refractivity contribution in [1.82, 2.24) is 5.32 Å². The Kier molecular flexibility index (Phi) is 4.15. The summed E-state index contributed by atoms with van der Waals surface area (Å²) in [4.78, 5) is 0. The summed E-state index contributed by atoms with van der Waals surface area (Å²) in [7, 11) is 0. The lowest BCUT2D eigenvalue weighted by molar-refractivity contribution is 0.430. The first-order chi connectivity index (χ1) is 7.04. The van der Waals surface area contributed by atoms with Crippen molar-refractivity contribution in [3.05, 3.63) is 29.3 Å². The van der Waals surface area contributed by atoms with Gasteiger partial charge in [0, 0.05) is 17.6 Å². The maximum absolute atomic E-state index is 9.81. The molecule has 0 aliphatic heterocycles. The van der Waals surface area contributed by atoms with E-state index in [4.69, 9.17) is 0 Å². The average Bonchev–Trinajstić information content (AvgIpc) is 2.17. The van der Waals surface area contributed by atoms with E-state index in [9.17, 15) is 5.11 Å². The molecule has 2 unspecified atom stereocenters. The standard InChI is InChI=1S/C13H21NO/c1-5-10(3)14-11(4)12-7-6-9(2)8-13(12)15/h6-8,10-11,14-15H,5H2,1-4H3. The number of hydrogen-bond donors (Lipinski definition) is 2. The van der Waals surface area contributed by atoms with Gasteiger partial charge in [-0.1, -0.05) is 19.1 Å². The molecule has 0 aromatic heterocycles. The zero-order valence-electron chi connectivity index (χ0n) is 10.0. The highest BCUT2D eigenvalue weighted by molar-refractivity contribution is 5.37. The number of aryl methyl sites for hydroxylation is 1. The van der Waals surface area contributed by atoms with Gasteiger partial charge in [0.25, 0.3) is 0 Å². The number of phenols is 1. The van der Waals surface area contributed by atoms with Crippen LogP contribution in [0.15, 0.2) is 18.2 Å². The van der Waals surface area contributed by atoms with E-state index in [0.717, 1.165) is 17.5 Å². The second kappa shape index (κ2) is 5.17. The summed E-state index contributed by atoms with van der Waals surface area (Å²) in [6, 6.07) is 6.50. The molecule has 2 heteroatoms. The Morgan fingerprint density at radius 2 is 2.00 bits per heavy atom. The van der Waals surface area contributed by atoms with Gasteiger partial charge >= 0.3 is 0 Å². The van der Waals surface area contributed by atoms with Gasteiger partial charge in [0.15, 0.2) is 0 Å². The third-order valence-electron chi connectivity index (χ3n) is 2.80. The maximum atomic E-state index is 9.81. The van der Waals surface area contributed by atoms with Crippen molar-refractivity contribution in [2.75, 3.05) is 0 Å². The Bertz CT molecular complexity index is 322. The first-order valence-corrected chi connectivity index (χ1v) is 5.60. The molecule has 2 N–H and O–H groups in total. The van der Waals surface area contributed by atoms with E-state index in [1.54, 1.807) is 0 Å². The molecule has 1 aromatic rings. The smallest absolute Gasteiger partial charge is 0.120 e. The summed E-state index contributed by atoms with van der Waals surface area (Å²) in [6.07, 6.45) is 1.09. The molecule has 0 aliphatic carbocycles. The number of benzene rings is 1. The molecule has 0 amide bonds. The van der Waals surface area contributed by atoms with Crippen LogP contribution in [0.2, 0.25) is 0 Å². The van der Waals surface area contributed by atoms with Crippen molar-refractivity contribution < 1.29 is 5.11 Å². The van der Waals surface area contributed by atoms with E-state index in [1.807, 2.05) is 25.1 Å². The van der Waals surface area contributed by atoms with Crippen LogP contribution in [0, 0.1) is 6.92 Å². The molecule has 0 heterocycles. The zero-order chi connectivity index (χ0) is 11.4. The Morgan fingerprint density at radius 1 is 1.33 bits per heavy atom. The van der Waals surface area contributed by atoms with Crippen LogP contribution in [0.25, 0.3) is 0 Å². The quantitative estimate of drug-likeness (QED) is 0.795. The Hall–Kier alpha value is -1.02. The summed E-state index contributed by atoms with van der Waals surface area (Å²) < 4.78 is 0. The SMILES string of the molecule is CCC(C)NC(C)c1ccc(C)cc1O. The summed E-state index contributed by atoms with van der Waals surface area (Å²) in [5, 5.41) is 13.3. The minimum Gasteiger partial charge on any atom is -0.508 e. The molecular weight excluding hydrogens is 186 g/mol. The molecule has 0 saturated carbocycles. The molecule has 0 saturated heterocycles. The normalized spacial score (nSPS) is 14.9. The van der Waals surface area contributed by atoms with Crippen molar-refractivity contribution in [2.45, 2.75) is 46.2 Å². The Balaban J connectivity index is 2.77. The maximum Gasteiger partial charge on any atom is 0.120 e. The van der Waals surface area contributed by atoms with E-state index >= 15 is 0 Å². The van der Waals surface area contributed by atoms with Crippen molar-refractivity contribution in [1.29, 1.82) is 0 Å². The van der Waals surface area contributed by atoms with E-state index in [1.165, 1.54) is 0 Å². The molecule has 2 nitrogen and oxygen atoms in total. The van der Waals surface area contributed by atoms with Crippen molar-refractivity contribution in [3.63, 3.8) is 0 Å². The van der Waals surface area contributed by atoms with Crippen LogP contribution < -0.4 is 5.32 Å². The highest BCUT2D eigenvalue weighted by Crippen LogP contribution is 2.25. The van der Waals surface area contributed by atoms with Crippen LogP contribution >= 0.6 is 0 Å². The summed E-state index contributed by atoms with van der Waals surface area (Å²) in [5.74, 6) is 0.387. The first-order valence-electron chi connectivity index (χ1n) is 5.60. The van der Waals surface area contributed by atoms with Gasteiger partial charge in [-0.25, -0.2) is 0 Å². The van der Waals surface area contributed by atoms with E-state index in [-0.39, 0.29) is 6.04 Å². The Labute approximate surface area is 92.3 Å². The largest absolute Gasteiger partial charge is 0.508 e. The van der Waals surface area contributed by atoms with E-state index in [0.29, 0.717) is 11.8 Å². The van der Waals surface area contributed by atoms with E-state index in [2.05, 4.69) is 26.1 Å². The predicted molar refractivity (Wildman–Crippen MR) is 64.1 cm³/mol. The molecular formula is C13H21NO. The number of aromatic hydroxyl groups is 1. The van der Waals surface area contributed by atoms with Crippen LogP contribution in [-0.2, 0) is 0 Å². The number of rotatable bonds is 4. The summed E-state index contributed by atoms with van der Waals surface area (Å²) >= 11 is 0. The number of hydrogen-bond acceptors (Lipinski definition) is 2. The average molecular weight is 207 g/mol. The minimum absolute atomic E-state index is 0.195. The van der Waals surface area contributed by atoms with Gasteiger partial charge in [0.05, 0.1) is 0 Å². The third-order valence-corrected chi connectivity index (χ3v) is 2.80. The van der Waals surface area contributed by atoms with Crippen molar-refractivity contribution in [2.24, 2.45) is 0 Å².